The molecular formula is C12H14BrF3O. The van der Waals surface area contributed by atoms with Crippen molar-refractivity contribution < 1.29 is 17.9 Å². The van der Waals surface area contributed by atoms with Gasteiger partial charge in [-0.15, -0.1) is 13.2 Å². The Morgan fingerprint density at radius 3 is 2.35 bits per heavy atom. The fraction of sp³-hybridized carbons (Fsp3) is 0.500. The number of aryl methyl sites for hydroxylation is 2. The highest BCUT2D eigenvalue weighted by Gasteiger charge is 2.31. The third-order valence-corrected chi connectivity index (χ3v) is 2.83. The molecule has 0 atom stereocenters. The lowest BCUT2D eigenvalue weighted by molar-refractivity contribution is -0.274. The van der Waals surface area contributed by atoms with Crippen molar-refractivity contribution in [3.05, 3.63) is 29.3 Å². The highest BCUT2D eigenvalue weighted by Crippen LogP contribution is 2.25. The van der Waals surface area contributed by atoms with Crippen molar-refractivity contribution in [1.82, 2.24) is 0 Å². The minimum atomic E-state index is -4.63. The molecule has 96 valence electrons. The molecule has 0 unspecified atom stereocenters. The first-order chi connectivity index (χ1) is 7.94. The van der Waals surface area contributed by atoms with Gasteiger partial charge in [-0.05, 0) is 42.5 Å². The van der Waals surface area contributed by atoms with E-state index in [1.54, 1.807) is 0 Å². The van der Waals surface area contributed by atoms with Crippen molar-refractivity contribution in [2.24, 2.45) is 0 Å². The SMILES string of the molecule is CCc1cc(CCCBr)cc(OC(F)(F)F)c1. The summed E-state index contributed by atoms with van der Waals surface area (Å²) in [7, 11) is 0. The number of rotatable bonds is 5. The summed E-state index contributed by atoms with van der Waals surface area (Å²) in [5.41, 5.74) is 1.74. The van der Waals surface area contributed by atoms with E-state index in [4.69, 9.17) is 0 Å². The zero-order valence-corrected chi connectivity index (χ0v) is 11.1. The van der Waals surface area contributed by atoms with Crippen LogP contribution in [0.2, 0.25) is 0 Å². The summed E-state index contributed by atoms with van der Waals surface area (Å²) in [6, 6.07) is 4.81. The van der Waals surface area contributed by atoms with E-state index < -0.39 is 6.36 Å². The summed E-state index contributed by atoms with van der Waals surface area (Å²) in [5.74, 6) is -0.124. The molecule has 0 aliphatic heterocycles. The third-order valence-electron chi connectivity index (χ3n) is 2.27. The van der Waals surface area contributed by atoms with E-state index in [1.807, 2.05) is 13.0 Å². The Hall–Kier alpha value is -0.710. The summed E-state index contributed by atoms with van der Waals surface area (Å²) in [6.07, 6.45) is -2.30. The first-order valence-corrected chi connectivity index (χ1v) is 6.51. The Labute approximate surface area is 107 Å². The number of hydrogen-bond donors (Lipinski definition) is 0. The van der Waals surface area contributed by atoms with Gasteiger partial charge < -0.3 is 4.74 Å². The first-order valence-electron chi connectivity index (χ1n) is 5.39. The molecule has 5 heteroatoms. The molecule has 1 nitrogen and oxygen atoms in total. The summed E-state index contributed by atoms with van der Waals surface area (Å²) >= 11 is 3.30. The van der Waals surface area contributed by atoms with Gasteiger partial charge >= 0.3 is 6.36 Å². The second-order valence-electron chi connectivity index (χ2n) is 3.68. The summed E-state index contributed by atoms with van der Waals surface area (Å²) in [5, 5.41) is 0.832. The third kappa shape index (κ3) is 5.44. The lowest BCUT2D eigenvalue weighted by Crippen LogP contribution is -2.17. The summed E-state index contributed by atoms with van der Waals surface area (Å²) in [6.45, 7) is 1.90. The first kappa shape index (κ1) is 14.4. The van der Waals surface area contributed by atoms with Crippen molar-refractivity contribution in [2.75, 3.05) is 5.33 Å². The Kier molecular flexibility index (Phi) is 5.31. The zero-order valence-electron chi connectivity index (χ0n) is 9.48. The quantitative estimate of drug-likeness (QED) is 0.729. The second-order valence-corrected chi connectivity index (χ2v) is 4.47. The Bertz CT molecular complexity index is 363. The molecule has 0 fully saturated rings. The molecule has 0 spiro atoms. The molecule has 0 aliphatic rings. The van der Waals surface area contributed by atoms with Crippen LogP contribution in [0.1, 0.15) is 24.5 Å². The average molecular weight is 311 g/mol. The van der Waals surface area contributed by atoms with E-state index in [0.29, 0.717) is 6.42 Å². The largest absolute Gasteiger partial charge is 0.573 e. The highest BCUT2D eigenvalue weighted by atomic mass is 79.9. The van der Waals surface area contributed by atoms with Gasteiger partial charge in [0.1, 0.15) is 5.75 Å². The number of benzene rings is 1. The maximum atomic E-state index is 12.1. The van der Waals surface area contributed by atoms with Gasteiger partial charge in [-0.25, -0.2) is 0 Å². The molecule has 0 amide bonds. The van der Waals surface area contributed by atoms with Gasteiger partial charge in [0.25, 0.3) is 0 Å². The van der Waals surface area contributed by atoms with Crippen LogP contribution in [0.3, 0.4) is 0 Å². The van der Waals surface area contributed by atoms with E-state index in [2.05, 4.69) is 20.7 Å². The molecule has 0 aliphatic carbocycles. The molecule has 0 N–H and O–H groups in total. The predicted molar refractivity (Wildman–Crippen MR) is 64.6 cm³/mol. The highest BCUT2D eigenvalue weighted by molar-refractivity contribution is 9.09. The van der Waals surface area contributed by atoms with Gasteiger partial charge in [0.2, 0.25) is 0 Å². The van der Waals surface area contributed by atoms with Crippen LogP contribution < -0.4 is 4.74 Å². The van der Waals surface area contributed by atoms with E-state index >= 15 is 0 Å². The minimum Gasteiger partial charge on any atom is -0.406 e. The molecule has 0 aromatic heterocycles. The van der Waals surface area contributed by atoms with Gasteiger partial charge in [-0.3, -0.25) is 0 Å². The van der Waals surface area contributed by atoms with Gasteiger partial charge in [0.05, 0.1) is 0 Å². The molecule has 0 saturated heterocycles. The number of halogens is 4. The van der Waals surface area contributed by atoms with Crippen LogP contribution in [0, 0.1) is 0 Å². The van der Waals surface area contributed by atoms with Crippen LogP contribution in [0.4, 0.5) is 13.2 Å². The van der Waals surface area contributed by atoms with Crippen molar-refractivity contribution >= 4 is 15.9 Å². The van der Waals surface area contributed by atoms with Crippen LogP contribution in [0.5, 0.6) is 5.75 Å². The van der Waals surface area contributed by atoms with Crippen molar-refractivity contribution in [3.63, 3.8) is 0 Å². The fourth-order valence-electron chi connectivity index (χ4n) is 1.54. The van der Waals surface area contributed by atoms with Crippen LogP contribution >= 0.6 is 15.9 Å². The molecule has 1 rings (SSSR count). The topological polar surface area (TPSA) is 9.23 Å². The number of ether oxygens (including phenoxy) is 1. The van der Waals surface area contributed by atoms with Crippen LogP contribution in [-0.2, 0) is 12.8 Å². The van der Waals surface area contributed by atoms with Crippen molar-refractivity contribution in [1.29, 1.82) is 0 Å². The molecule has 17 heavy (non-hydrogen) atoms. The predicted octanol–water partition coefficient (Wildman–Crippen LogP) is 4.48. The Morgan fingerprint density at radius 2 is 1.82 bits per heavy atom. The number of alkyl halides is 4. The van der Waals surface area contributed by atoms with Crippen LogP contribution in [0.25, 0.3) is 0 Å². The molecule has 0 saturated carbocycles. The zero-order chi connectivity index (χ0) is 12.9. The maximum Gasteiger partial charge on any atom is 0.573 e. The van der Waals surface area contributed by atoms with Crippen LogP contribution in [0.15, 0.2) is 18.2 Å². The normalized spacial score (nSPS) is 11.6. The lowest BCUT2D eigenvalue weighted by atomic mass is 10.0. The van der Waals surface area contributed by atoms with Gasteiger partial charge in [-0.2, -0.15) is 0 Å². The lowest BCUT2D eigenvalue weighted by Gasteiger charge is -2.12. The standard InChI is InChI=1S/C12H14BrF3O/c1-2-9-6-10(4-3-5-13)8-11(7-9)17-12(14,15)16/h6-8H,2-5H2,1H3. The molecular weight excluding hydrogens is 297 g/mol. The molecule has 0 bridgehead atoms. The van der Waals surface area contributed by atoms with Gasteiger partial charge in [0.15, 0.2) is 0 Å². The van der Waals surface area contributed by atoms with E-state index in [1.165, 1.54) is 12.1 Å². The maximum absolute atomic E-state index is 12.1. The molecule has 0 radical (unpaired) electrons. The Balaban J connectivity index is 2.88. The number of hydrogen-bond acceptors (Lipinski definition) is 1. The average Bonchev–Trinajstić information content (AvgIpc) is 2.23. The Morgan fingerprint density at radius 1 is 1.18 bits per heavy atom. The molecule has 1 aromatic carbocycles. The van der Waals surface area contributed by atoms with Crippen LogP contribution in [-0.4, -0.2) is 11.7 Å². The monoisotopic (exact) mass is 310 g/mol. The van der Waals surface area contributed by atoms with E-state index in [9.17, 15) is 13.2 Å². The molecule has 0 heterocycles. The molecule has 1 aromatic rings. The van der Waals surface area contributed by atoms with Crippen molar-refractivity contribution in [2.45, 2.75) is 32.5 Å². The summed E-state index contributed by atoms with van der Waals surface area (Å²) in [4.78, 5) is 0. The van der Waals surface area contributed by atoms with E-state index in [-0.39, 0.29) is 5.75 Å². The van der Waals surface area contributed by atoms with Gasteiger partial charge in [-0.1, -0.05) is 28.9 Å². The van der Waals surface area contributed by atoms with Gasteiger partial charge in [0, 0.05) is 5.33 Å². The van der Waals surface area contributed by atoms with E-state index in [0.717, 1.165) is 29.3 Å². The van der Waals surface area contributed by atoms with Crippen molar-refractivity contribution in [3.8, 4) is 5.75 Å². The minimum absolute atomic E-state index is 0.124. The summed E-state index contributed by atoms with van der Waals surface area (Å²) < 4.78 is 40.3. The fourth-order valence-corrected chi connectivity index (χ4v) is 1.82. The smallest absolute Gasteiger partial charge is 0.406 e. The second kappa shape index (κ2) is 6.28.